The fourth-order valence-corrected chi connectivity index (χ4v) is 6.71. The standard InChI is InChI=1S/C36H31F10NO5/c1-17-30(19-9-21(34(38,39)40)12-22(10-19)35(41,42)43)52-32(50)47(17)16-20-15-33(2,3)8-7-23(20)26-13-25(27(36(44,45)46)14-29(26)51-4)24-6-5-18(31(48)49)11-28(24)37/h5-6,9-14,17,30H,7-8,15-16H2,1-4H3,(H,48,49)/t17?,30-/m0/s1. The first-order valence-electron chi connectivity index (χ1n) is 15.7. The summed E-state index contributed by atoms with van der Waals surface area (Å²) in [7, 11) is 1.13. The fraction of sp³-hybridized carbons (Fsp3) is 0.389. The van der Waals surface area contributed by atoms with E-state index < -0.39 is 92.9 Å². The van der Waals surface area contributed by atoms with E-state index in [-0.39, 0.29) is 36.8 Å². The number of hydrogen-bond acceptors (Lipinski definition) is 4. The number of halogens is 10. The number of benzene rings is 3. The molecule has 1 aliphatic heterocycles. The average Bonchev–Trinajstić information content (AvgIpc) is 3.31. The van der Waals surface area contributed by atoms with Crippen molar-refractivity contribution in [1.82, 2.24) is 4.90 Å². The molecule has 1 heterocycles. The van der Waals surface area contributed by atoms with Crippen LogP contribution >= 0.6 is 0 Å². The Morgan fingerprint density at radius 1 is 0.904 bits per heavy atom. The van der Waals surface area contributed by atoms with Gasteiger partial charge in [0.05, 0.1) is 35.4 Å². The predicted octanol–water partition coefficient (Wildman–Crippen LogP) is 10.8. The lowest BCUT2D eigenvalue weighted by atomic mass is 9.72. The van der Waals surface area contributed by atoms with Crippen molar-refractivity contribution in [3.63, 3.8) is 0 Å². The summed E-state index contributed by atoms with van der Waals surface area (Å²) >= 11 is 0. The first-order chi connectivity index (χ1) is 23.9. The van der Waals surface area contributed by atoms with Crippen LogP contribution in [0.1, 0.15) is 84.3 Å². The lowest BCUT2D eigenvalue weighted by Crippen LogP contribution is -2.35. The number of cyclic esters (lactones) is 1. The number of carboxylic acid groups (broad SMARTS) is 1. The van der Waals surface area contributed by atoms with Gasteiger partial charge in [0.15, 0.2) is 0 Å². The Hall–Kier alpha value is -4.76. The molecule has 3 aromatic rings. The first-order valence-corrected chi connectivity index (χ1v) is 15.7. The van der Waals surface area contributed by atoms with Gasteiger partial charge in [0.1, 0.15) is 17.7 Å². The molecule has 3 aromatic carbocycles. The van der Waals surface area contributed by atoms with Crippen molar-refractivity contribution in [3.8, 4) is 16.9 Å². The zero-order valence-corrected chi connectivity index (χ0v) is 27.9. The number of amides is 1. The Bertz CT molecular complexity index is 1910. The number of hydrogen-bond donors (Lipinski definition) is 1. The summed E-state index contributed by atoms with van der Waals surface area (Å²) in [6, 6.07) is 4.06. The molecule has 0 saturated carbocycles. The normalized spacial score (nSPS) is 19.6. The van der Waals surface area contributed by atoms with Crippen LogP contribution in [0.4, 0.5) is 48.7 Å². The van der Waals surface area contributed by atoms with Crippen molar-refractivity contribution in [2.75, 3.05) is 13.7 Å². The minimum atomic E-state index is -5.14. The number of ether oxygens (including phenoxy) is 2. The van der Waals surface area contributed by atoms with Crippen molar-refractivity contribution in [1.29, 1.82) is 0 Å². The number of aromatic carboxylic acids is 1. The number of rotatable bonds is 7. The molecule has 1 fully saturated rings. The van der Waals surface area contributed by atoms with Crippen LogP contribution in [0.25, 0.3) is 16.7 Å². The van der Waals surface area contributed by atoms with Gasteiger partial charge in [-0.25, -0.2) is 14.0 Å². The number of nitrogens with zero attached hydrogens (tertiary/aromatic N) is 1. The van der Waals surface area contributed by atoms with E-state index in [2.05, 4.69) is 0 Å². The maximum atomic E-state index is 15.3. The Morgan fingerprint density at radius 2 is 1.52 bits per heavy atom. The van der Waals surface area contributed by atoms with Gasteiger partial charge < -0.3 is 14.6 Å². The van der Waals surface area contributed by atoms with E-state index >= 15 is 4.39 Å². The van der Waals surface area contributed by atoms with Gasteiger partial charge in [-0.05, 0) is 96.3 Å². The lowest BCUT2D eigenvalue weighted by molar-refractivity contribution is -0.143. The fourth-order valence-electron chi connectivity index (χ4n) is 6.71. The minimum Gasteiger partial charge on any atom is -0.496 e. The first kappa shape index (κ1) is 38.5. The van der Waals surface area contributed by atoms with Crippen LogP contribution in [0.3, 0.4) is 0 Å². The summed E-state index contributed by atoms with van der Waals surface area (Å²) in [5.74, 6) is -2.98. The van der Waals surface area contributed by atoms with E-state index in [9.17, 15) is 54.2 Å². The molecule has 0 spiro atoms. The third kappa shape index (κ3) is 7.70. The Balaban J connectivity index is 1.63. The third-order valence-electron chi connectivity index (χ3n) is 9.34. The highest BCUT2D eigenvalue weighted by molar-refractivity contribution is 5.89. The third-order valence-corrected chi connectivity index (χ3v) is 9.34. The Morgan fingerprint density at radius 3 is 2.04 bits per heavy atom. The molecule has 5 rings (SSSR count). The number of alkyl halides is 9. The largest absolute Gasteiger partial charge is 0.496 e. The van der Waals surface area contributed by atoms with E-state index in [1.165, 1.54) is 6.92 Å². The summed E-state index contributed by atoms with van der Waals surface area (Å²) in [6.45, 7) is 4.92. The molecule has 16 heteroatoms. The summed E-state index contributed by atoms with van der Waals surface area (Å²) in [6.07, 6.45) is -16.9. The molecule has 2 atom stereocenters. The molecule has 1 unspecified atom stereocenters. The number of carbonyl (C=O) groups excluding carboxylic acids is 1. The molecule has 1 N–H and O–H groups in total. The van der Waals surface area contributed by atoms with Gasteiger partial charge in [-0.3, -0.25) is 4.90 Å². The highest BCUT2D eigenvalue weighted by Crippen LogP contribution is 2.49. The predicted molar refractivity (Wildman–Crippen MR) is 167 cm³/mol. The lowest BCUT2D eigenvalue weighted by Gasteiger charge is -2.36. The Labute approximate surface area is 290 Å². The summed E-state index contributed by atoms with van der Waals surface area (Å²) in [4.78, 5) is 25.7. The van der Waals surface area contributed by atoms with E-state index in [1.807, 2.05) is 13.8 Å². The molecular weight excluding hydrogens is 716 g/mol. The second-order valence-electron chi connectivity index (χ2n) is 13.5. The SMILES string of the molecule is COc1cc(C(F)(F)F)c(-c2ccc(C(=O)O)cc2F)cc1C1=C(CN2C(=O)O[C@H](c3cc(C(F)(F)F)cc(C(F)(F)F)c3)C2C)CC(C)(C)CC1. The van der Waals surface area contributed by atoms with Gasteiger partial charge in [-0.1, -0.05) is 19.9 Å². The number of carbonyl (C=O) groups is 2. The van der Waals surface area contributed by atoms with Crippen molar-refractivity contribution in [3.05, 3.63) is 93.3 Å². The molecule has 0 radical (unpaired) electrons. The second-order valence-corrected chi connectivity index (χ2v) is 13.5. The van der Waals surface area contributed by atoms with E-state index in [1.54, 1.807) is 0 Å². The van der Waals surface area contributed by atoms with Crippen molar-refractivity contribution in [2.45, 2.75) is 70.7 Å². The smallest absolute Gasteiger partial charge is 0.417 e. The highest BCUT2D eigenvalue weighted by atomic mass is 19.4. The van der Waals surface area contributed by atoms with Gasteiger partial charge in [-0.15, -0.1) is 0 Å². The van der Waals surface area contributed by atoms with Crippen LogP contribution in [-0.4, -0.2) is 41.8 Å². The summed E-state index contributed by atoms with van der Waals surface area (Å²) in [5.41, 5.74) is -6.02. The number of allylic oxidation sites excluding steroid dienone is 1. The molecule has 0 bridgehead atoms. The van der Waals surface area contributed by atoms with Crippen LogP contribution in [-0.2, 0) is 23.3 Å². The van der Waals surface area contributed by atoms with E-state index in [0.717, 1.165) is 30.2 Å². The molecule has 1 saturated heterocycles. The van der Waals surface area contributed by atoms with Gasteiger partial charge in [0.2, 0.25) is 0 Å². The maximum absolute atomic E-state index is 15.3. The number of carboxylic acids is 1. The molecule has 2 aliphatic rings. The topological polar surface area (TPSA) is 76.1 Å². The molecule has 52 heavy (non-hydrogen) atoms. The zero-order chi connectivity index (χ0) is 38.7. The zero-order valence-electron chi connectivity index (χ0n) is 27.9. The van der Waals surface area contributed by atoms with Crippen LogP contribution in [0.2, 0.25) is 0 Å². The number of methoxy groups -OCH3 is 1. The molecule has 280 valence electrons. The van der Waals surface area contributed by atoms with Crippen molar-refractivity contribution < 1.29 is 68.1 Å². The van der Waals surface area contributed by atoms with E-state index in [0.29, 0.717) is 41.8 Å². The van der Waals surface area contributed by atoms with Gasteiger partial charge in [0.25, 0.3) is 0 Å². The molecular formula is C36H31F10NO5. The maximum Gasteiger partial charge on any atom is 0.417 e. The van der Waals surface area contributed by atoms with Crippen LogP contribution in [0, 0.1) is 11.2 Å². The molecule has 0 aromatic heterocycles. The monoisotopic (exact) mass is 747 g/mol. The molecule has 1 amide bonds. The van der Waals surface area contributed by atoms with Crippen LogP contribution < -0.4 is 4.74 Å². The van der Waals surface area contributed by atoms with Crippen molar-refractivity contribution >= 4 is 17.6 Å². The molecule has 1 aliphatic carbocycles. The van der Waals surface area contributed by atoms with Crippen LogP contribution in [0.5, 0.6) is 5.75 Å². The highest BCUT2D eigenvalue weighted by Gasteiger charge is 2.45. The average molecular weight is 748 g/mol. The van der Waals surface area contributed by atoms with Gasteiger partial charge in [0, 0.05) is 17.7 Å². The summed E-state index contributed by atoms with van der Waals surface area (Å²) in [5, 5.41) is 9.24. The van der Waals surface area contributed by atoms with Gasteiger partial charge in [-0.2, -0.15) is 39.5 Å². The second kappa shape index (κ2) is 13.3. The van der Waals surface area contributed by atoms with Crippen LogP contribution in [0.15, 0.2) is 54.1 Å². The van der Waals surface area contributed by atoms with E-state index in [4.69, 9.17) is 9.47 Å². The van der Waals surface area contributed by atoms with Gasteiger partial charge >= 0.3 is 30.6 Å². The molecule has 6 nitrogen and oxygen atoms in total. The minimum absolute atomic E-state index is 0.0397. The quantitative estimate of drug-likeness (QED) is 0.244. The Kier molecular flexibility index (Phi) is 9.87. The summed E-state index contributed by atoms with van der Waals surface area (Å²) < 4.78 is 151. The van der Waals surface area contributed by atoms with Crippen molar-refractivity contribution in [2.24, 2.45) is 5.41 Å².